The molecule has 4 rings (SSSR count). The number of nitrogens with zero attached hydrogens (tertiary/aromatic N) is 7. The molecule has 0 atom stereocenters. The Kier molecular flexibility index (Phi) is 4.49. The van der Waals surface area contributed by atoms with Gasteiger partial charge in [0.2, 0.25) is 0 Å². The van der Waals surface area contributed by atoms with Crippen LogP contribution in [0.3, 0.4) is 0 Å². The zero-order valence-corrected chi connectivity index (χ0v) is 15.4. The standard InChI is InChI=1S/C17H26N8O/c1-22-15(20-21-17(22)12-7-13(18)8-12)11-24-3-5-25(6-4-24)14-9-16(26)23(2)19-10-14/h9-10,12-13H,3-8,11,18H2,1-2H3. The summed E-state index contributed by atoms with van der Waals surface area (Å²) >= 11 is 0. The first-order valence-corrected chi connectivity index (χ1v) is 9.15. The summed E-state index contributed by atoms with van der Waals surface area (Å²) in [4.78, 5) is 16.4. The SMILES string of the molecule is Cn1c(CN2CCN(c3cnn(C)c(=O)c3)CC2)nnc1C1CC(N)C1. The number of rotatable bonds is 4. The fourth-order valence-corrected chi connectivity index (χ4v) is 3.74. The lowest BCUT2D eigenvalue weighted by Crippen LogP contribution is -2.46. The largest absolute Gasteiger partial charge is 0.368 e. The molecule has 0 unspecified atom stereocenters. The third kappa shape index (κ3) is 3.24. The maximum absolute atomic E-state index is 11.8. The van der Waals surface area contributed by atoms with Crippen LogP contribution in [0.25, 0.3) is 0 Å². The molecule has 0 aromatic carbocycles. The zero-order valence-electron chi connectivity index (χ0n) is 15.4. The second-order valence-corrected chi connectivity index (χ2v) is 7.40. The Morgan fingerprint density at radius 1 is 1.15 bits per heavy atom. The Bertz CT molecular complexity index is 830. The van der Waals surface area contributed by atoms with Gasteiger partial charge in [-0.3, -0.25) is 9.69 Å². The third-order valence-corrected chi connectivity index (χ3v) is 5.59. The predicted molar refractivity (Wildman–Crippen MR) is 97.9 cm³/mol. The van der Waals surface area contributed by atoms with E-state index < -0.39 is 0 Å². The molecule has 1 saturated carbocycles. The molecule has 2 N–H and O–H groups in total. The maximum atomic E-state index is 11.8. The van der Waals surface area contributed by atoms with Crippen LogP contribution in [0.4, 0.5) is 5.69 Å². The van der Waals surface area contributed by atoms with Crippen molar-refractivity contribution in [2.24, 2.45) is 19.8 Å². The average molecular weight is 358 g/mol. The minimum atomic E-state index is -0.0766. The predicted octanol–water partition coefficient (Wildman–Crippen LogP) is -0.564. The van der Waals surface area contributed by atoms with Gasteiger partial charge in [-0.25, -0.2) is 4.68 Å². The molecule has 0 radical (unpaired) electrons. The summed E-state index contributed by atoms with van der Waals surface area (Å²) in [6.07, 6.45) is 3.78. The monoisotopic (exact) mass is 358 g/mol. The Morgan fingerprint density at radius 2 is 1.88 bits per heavy atom. The van der Waals surface area contributed by atoms with E-state index in [4.69, 9.17) is 5.73 Å². The minimum Gasteiger partial charge on any atom is -0.368 e. The highest BCUT2D eigenvalue weighted by Gasteiger charge is 2.31. The number of aryl methyl sites for hydroxylation is 1. The van der Waals surface area contributed by atoms with Crippen molar-refractivity contribution in [3.8, 4) is 0 Å². The van der Waals surface area contributed by atoms with Crippen LogP contribution < -0.4 is 16.2 Å². The Hall–Kier alpha value is -2.26. The fraction of sp³-hybridized carbons (Fsp3) is 0.647. The van der Waals surface area contributed by atoms with Crippen LogP contribution in [0, 0.1) is 0 Å². The Labute approximate surface area is 152 Å². The number of hydrogen-bond donors (Lipinski definition) is 1. The average Bonchev–Trinajstić information content (AvgIpc) is 2.96. The lowest BCUT2D eigenvalue weighted by atomic mass is 9.80. The first kappa shape index (κ1) is 17.2. The van der Waals surface area contributed by atoms with Gasteiger partial charge in [-0.05, 0) is 12.8 Å². The van der Waals surface area contributed by atoms with Crippen molar-refractivity contribution in [1.29, 1.82) is 0 Å². The van der Waals surface area contributed by atoms with Crippen LogP contribution in [-0.2, 0) is 20.6 Å². The Morgan fingerprint density at radius 3 is 2.54 bits per heavy atom. The summed E-state index contributed by atoms with van der Waals surface area (Å²) in [7, 11) is 3.71. The van der Waals surface area contributed by atoms with Gasteiger partial charge in [0.05, 0.1) is 18.4 Å². The second-order valence-electron chi connectivity index (χ2n) is 7.40. The number of hydrogen-bond acceptors (Lipinski definition) is 7. The number of anilines is 1. The molecule has 2 aromatic rings. The summed E-state index contributed by atoms with van der Waals surface area (Å²) in [5.74, 6) is 2.53. The summed E-state index contributed by atoms with van der Waals surface area (Å²) in [6.45, 7) is 4.39. The van der Waals surface area contributed by atoms with E-state index in [-0.39, 0.29) is 5.56 Å². The van der Waals surface area contributed by atoms with Crippen molar-refractivity contribution in [3.05, 3.63) is 34.3 Å². The van der Waals surface area contributed by atoms with Crippen molar-refractivity contribution in [1.82, 2.24) is 29.4 Å². The van der Waals surface area contributed by atoms with E-state index in [1.165, 1.54) is 4.68 Å². The van der Waals surface area contributed by atoms with Gasteiger partial charge in [0.1, 0.15) is 11.6 Å². The van der Waals surface area contributed by atoms with Gasteiger partial charge in [-0.2, -0.15) is 5.10 Å². The Balaban J connectivity index is 1.35. The van der Waals surface area contributed by atoms with E-state index in [0.717, 1.165) is 62.9 Å². The molecule has 9 nitrogen and oxygen atoms in total. The van der Waals surface area contributed by atoms with Gasteiger partial charge in [0.25, 0.3) is 5.56 Å². The van der Waals surface area contributed by atoms with Crippen LogP contribution in [0.2, 0.25) is 0 Å². The molecule has 9 heteroatoms. The normalized spacial score (nSPS) is 23.9. The minimum absolute atomic E-state index is 0.0766. The highest BCUT2D eigenvalue weighted by molar-refractivity contribution is 5.43. The van der Waals surface area contributed by atoms with E-state index in [0.29, 0.717) is 12.0 Å². The summed E-state index contributed by atoms with van der Waals surface area (Å²) in [6, 6.07) is 1.97. The molecule has 2 aromatic heterocycles. The van der Waals surface area contributed by atoms with Crippen LogP contribution in [0.1, 0.15) is 30.4 Å². The van der Waals surface area contributed by atoms with Gasteiger partial charge < -0.3 is 15.2 Å². The van der Waals surface area contributed by atoms with Crippen LogP contribution in [0.15, 0.2) is 17.1 Å². The van der Waals surface area contributed by atoms with Crippen molar-refractivity contribution in [3.63, 3.8) is 0 Å². The summed E-state index contributed by atoms with van der Waals surface area (Å²) in [5, 5.41) is 12.9. The van der Waals surface area contributed by atoms with Crippen molar-refractivity contribution >= 4 is 5.69 Å². The molecule has 2 fully saturated rings. The van der Waals surface area contributed by atoms with E-state index >= 15 is 0 Å². The number of aromatic nitrogens is 5. The van der Waals surface area contributed by atoms with Gasteiger partial charge in [-0.1, -0.05) is 0 Å². The van der Waals surface area contributed by atoms with Crippen molar-refractivity contribution in [2.75, 3.05) is 31.1 Å². The lowest BCUT2D eigenvalue weighted by Gasteiger charge is -2.35. The molecule has 1 saturated heterocycles. The highest BCUT2D eigenvalue weighted by atomic mass is 16.1. The van der Waals surface area contributed by atoms with Crippen LogP contribution in [0.5, 0.6) is 0 Å². The van der Waals surface area contributed by atoms with Gasteiger partial charge in [0, 0.05) is 58.3 Å². The van der Waals surface area contributed by atoms with E-state index in [1.807, 2.05) is 0 Å². The molecule has 0 amide bonds. The topological polar surface area (TPSA) is 98.1 Å². The molecule has 26 heavy (non-hydrogen) atoms. The van der Waals surface area contributed by atoms with Crippen LogP contribution >= 0.6 is 0 Å². The number of nitrogens with two attached hydrogens (primary N) is 1. The first-order valence-electron chi connectivity index (χ1n) is 9.15. The molecular weight excluding hydrogens is 332 g/mol. The highest BCUT2D eigenvalue weighted by Crippen LogP contribution is 2.34. The maximum Gasteiger partial charge on any atom is 0.268 e. The first-order chi connectivity index (χ1) is 12.5. The lowest BCUT2D eigenvalue weighted by molar-refractivity contribution is 0.240. The molecular formula is C17H26N8O. The van der Waals surface area contributed by atoms with Gasteiger partial charge in [0.15, 0.2) is 0 Å². The van der Waals surface area contributed by atoms with Crippen molar-refractivity contribution in [2.45, 2.75) is 31.3 Å². The zero-order chi connectivity index (χ0) is 18.3. The van der Waals surface area contributed by atoms with E-state index in [2.05, 4.69) is 36.7 Å². The molecule has 2 aliphatic rings. The fourth-order valence-electron chi connectivity index (χ4n) is 3.74. The van der Waals surface area contributed by atoms with Gasteiger partial charge in [-0.15, -0.1) is 10.2 Å². The smallest absolute Gasteiger partial charge is 0.268 e. The van der Waals surface area contributed by atoms with Gasteiger partial charge >= 0.3 is 0 Å². The van der Waals surface area contributed by atoms with E-state index in [1.54, 1.807) is 19.3 Å². The molecule has 1 aliphatic carbocycles. The van der Waals surface area contributed by atoms with E-state index in [9.17, 15) is 4.79 Å². The molecule has 0 spiro atoms. The summed E-state index contributed by atoms with van der Waals surface area (Å²) in [5.41, 5.74) is 6.72. The molecule has 3 heterocycles. The molecule has 140 valence electrons. The molecule has 1 aliphatic heterocycles. The number of piperazine rings is 1. The van der Waals surface area contributed by atoms with Crippen molar-refractivity contribution < 1.29 is 0 Å². The van der Waals surface area contributed by atoms with Crippen LogP contribution in [-0.4, -0.2) is 61.7 Å². The molecule has 0 bridgehead atoms. The third-order valence-electron chi connectivity index (χ3n) is 5.59. The quantitative estimate of drug-likeness (QED) is 0.782. The second kappa shape index (κ2) is 6.81. The summed E-state index contributed by atoms with van der Waals surface area (Å²) < 4.78 is 3.48.